The second kappa shape index (κ2) is 6.45. The highest BCUT2D eigenvalue weighted by atomic mass is 35.5. The molecule has 6 heteroatoms. The highest BCUT2D eigenvalue weighted by Crippen LogP contribution is 2.28. The van der Waals surface area contributed by atoms with Gasteiger partial charge in [-0.05, 0) is 30.0 Å². The number of nitrogens with two attached hydrogens (primary N) is 2. The number of benzene rings is 1. The van der Waals surface area contributed by atoms with E-state index in [0.29, 0.717) is 24.2 Å². The predicted molar refractivity (Wildman–Crippen MR) is 84.5 cm³/mol. The van der Waals surface area contributed by atoms with E-state index in [9.17, 15) is 9.59 Å². The van der Waals surface area contributed by atoms with Crippen molar-refractivity contribution in [1.82, 2.24) is 4.90 Å². The Labute approximate surface area is 131 Å². The van der Waals surface area contributed by atoms with Crippen LogP contribution in [0, 0.1) is 5.41 Å². The van der Waals surface area contributed by atoms with E-state index in [4.69, 9.17) is 11.5 Å². The van der Waals surface area contributed by atoms with Crippen molar-refractivity contribution in [2.24, 2.45) is 16.9 Å². The Kier molecular flexibility index (Phi) is 5.36. The molecule has 0 saturated carbocycles. The van der Waals surface area contributed by atoms with Crippen molar-refractivity contribution in [2.75, 3.05) is 13.1 Å². The number of amides is 2. The van der Waals surface area contributed by atoms with E-state index in [1.165, 1.54) is 0 Å². The van der Waals surface area contributed by atoms with Crippen molar-refractivity contribution in [3.8, 4) is 0 Å². The molecule has 116 valence electrons. The molecular formula is C15H22ClN3O2. The third-order valence-corrected chi connectivity index (χ3v) is 3.99. The number of halogens is 1. The predicted octanol–water partition coefficient (Wildman–Crippen LogP) is 1.41. The Morgan fingerprint density at radius 3 is 2.48 bits per heavy atom. The molecule has 1 heterocycles. The molecule has 0 bridgehead atoms. The third-order valence-electron chi connectivity index (χ3n) is 3.99. The molecule has 0 aliphatic carbocycles. The summed E-state index contributed by atoms with van der Waals surface area (Å²) < 4.78 is 0. The van der Waals surface area contributed by atoms with Crippen molar-refractivity contribution >= 4 is 24.2 Å². The molecule has 5 nitrogen and oxygen atoms in total. The molecule has 0 radical (unpaired) electrons. The summed E-state index contributed by atoms with van der Waals surface area (Å²) in [5.41, 5.74) is 12.1. The van der Waals surface area contributed by atoms with Gasteiger partial charge in [0.1, 0.15) is 0 Å². The standard InChI is InChI=1S/C15H21N3O2.ClH/c1-15(2)9-18(7-6-12(15)16)14(20)11-5-3-4-10(8-11)13(17)19;/h3-5,8,12H,6-7,9,16H2,1-2H3,(H2,17,19);1H. The maximum atomic E-state index is 12.5. The van der Waals surface area contributed by atoms with Crippen LogP contribution >= 0.6 is 12.4 Å². The van der Waals surface area contributed by atoms with Crippen LogP contribution in [0.25, 0.3) is 0 Å². The second-order valence-electron chi connectivity index (χ2n) is 6.06. The number of hydrogen-bond donors (Lipinski definition) is 2. The van der Waals surface area contributed by atoms with Gasteiger partial charge in [-0.3, -0.25) is 9.59 Å². The zero-order valence-corrected chi connectivity index (χ0v) is 13.2. The molecular weight excluding hydrogens is 290 g/mol. The van der Waals surface area contributed by atoms with Gasteiger partial charge in [0.05, 0.1) is 0 Å². The van der Waals surface area contributed by atoms with E-state index in [1.54, 1.807) is 29.2 Å². The zero-order chi connectivity index (χ0) is 14.9. The molecule has 0 spiro atoms. The van der Waals surface area contributed by atoms with E-state index < -0.39 is 5.91 Å². The Balaban J connectivity index is 0.00000220. The lowest BCUT2D eigenvalue weighted by Gasteiger charge is -2.42. The lowest BCUT2D eigenvalue weighted by atomic mass is 9.79. The second-order valence-corrected chi connectivity index (χ2v) is 6.06. The van der Waals surface area contributed by atoms with Crippen LogP contribution in [0.1, 0.15) is 41.0 Å². The SMILES string of the molecule is CC1(C)CN(C(=O)c2cccc(C(N)=O)c2)CCC1N.Cl. The molecule has 2 rings (SSSR count). The van der Waals surface area contributed by atoms with Crippen LogP contribution in [0.5, 0.6) is 0 Å². The fourth-order valence-electron chi connectivity index (χ4n) is 2.54. The molecule has 1 aromatic carbocycles. The van der Waals surface area contributed by atoms with Gasteiger partial charge in [-0.2, -0.15) is 0 Å². The van der Waals surface area contributed by atoms with Crippen molar-refractivity contribution in [1.29, 1.82) is 0 Å². The summed E-state index contributed by atoms with van der Waals surface area (Å²) in [5.74, 6) is -0.603. The average Bonchev–Trinajstić information content (AvgIpc) is 2.41. The number of primary amides is 1. The van der Waals surface area contributed by atoms with E-state index in [1.807, 2.05) is 0 Å². The van der Waals surface area contributed by atoms with Crippen molar-refractivity contribution in [3.63, 3.8) is 0 Å². The Hall–Kier alpha value is -1.59. The highest BCUT2D eigenvalue weighted by molar-refractivity contribution is 5.99. The topological polar surface area (TPSA) is 89.4 Å². The number of carbonyl (C=O) groups excluding carboxylic acids is 2. The number of hydrogen-bond acceptors (Lipinski definition) is 3. The fourth-order valence-corrected chi connectivity index (χ4v) is 2.54. The molecule has 2 amide bonds. The molecule has 1 unspecified atom stereocenters. The largest absolute Gasteiger partial charge is 0.366 e. The lowest BCUT2D eigenvalue weighted by Crippen LogP contribution is -2.54. The number of rotatable bonds is 2. The molecule has 1 fully saturated rings. The summed E-state index contributed by atoms with van der Waals surface area (Å²) >= 11 is 0. The summed E-state index contributed by atoms with van der Waals surface area (Å²) in [5, 5.41) is 0. The lowest BCUT2D eigenvalue weighted by molar-refractivity contribution is 0.0533. The first-order valence-corrected chi connectivity index (χ1v) is 6.76. The van der Waals surface area contributed by atoms with Crippen LogP contribution in [0.4, 0.5) is 0 Å². The van der Waals surface area contributed by atoms with Gasteiger partial charge in [0.15, 0.2) is 0 Å². The van der Waals surface area contributed by atoms with Gasteiger partial charge in [-0.1, -0.05) is 19.9 Å². The van der Waals surface area contributed by atoms with Crippen LogP contribution in [0.15, 0.2) is 24.3 Å². The van der Waals surface area contributed by atoms with E-state index >= 15 is 0 Å². The summed E-state index contributed by atoms with van der Waals surface area (Å²) in [6.45, 7) is 5.39. The Morgan fingerprint density at radius 1 is 1.29 bits per heavy atom. The number of likely N-dealkylation sites (tertiary alicyclic amines) is 1. The molecule has 4 N–H and O–H groups in total. The van der Waals surface area contributed by atoms with E-state index in [-0.39, 0.29) is 29.8 Å². The number of piperidine rings is 1. The van der Waals surface area contributed by atoms with Gasteiger partial charge in [0.2, 0.25) is 5.91 Å². The normalized spacial score (nSPS) is 20.5. The molecule has 1 atom stereocenters. The first-order valence-electron chi connectivity index (χ1n) is 6.76. The number of carbonyl (C=O) groups is 2. The number of nitrogens with zero attached hydrogens (tertiary/aromatic N) is 1. The maximum absolute atomic E-state index is 12.5. The van der Waals surface area contributed by atoms with E-state index in [2.05, 4.69) is 13.8 Å². The minimum absolute atomic E-state index is 0. The Bertz CT molecular complexity index is 545. The molecule has 1 saturated heterocycles. The van der Waals surface area contributed by atoms with Gasteiger partial charge in [-0.25, -0.2) is 0 Å². The van der Waals surface area contributed by atoms with Gasteiger partial charge in [0, 0.05) is 30.3 Å². The molecule has 1 aromatic rings. The van der Waals surface area contributed by atoms with Gasteiger partial charge in [-0.15, -0.1) is 12.4 Å². The first-order chi connectivity index (χ1) is 9.31. The van der Waals surface area contributed by atoms with Crippen molar-refractivity contribution < 1.29 is 9.59 Å². The maximum Gasteiger partial charge on any atom is 0.253 e. The minimum Gasteiger partial charge on any atom is -0.366 e. The van der Waals surface area contributed by atoms with Gasteiger partial charge < -0.3 is 16.4 Å². The smallest absolute Gasteiger partial charge is 0.253 e. The third kappa shape index (κ3) is 3.74. The van der Waals surface area contributed by atoms with E-state index in [0.717, 1.165) is 6.42 Å². The quantitative estimate of drug-likeness (QED) is 0.865. The van der Waals surface area contributed by atoms with Crippen LogP contribution in [0.2, 0.25) is 0 Å². The van der Waals surface area contributed by atoms with Crippen LogP contribution in [0.3, 0.4) is 0 Å². The Morgan fingerprint density at radius 2 is 1.90 bits per heavy atom. The highest BCUT2D eigenvalue weighted by Gasteiger charge is 2.35. The van der Waals surface area contributed by atoms with Crippen molar-refractivity contribution in [2.45, 2.75) is 26.3 Å². The summed E-state index contributed by atoms with van der Waals surface area (Å²) in [6, 6.07) is 6.63. The molecule has 21 heavy (non-hydrogen) atoms. The summed E-state index contributed by atoms with van der Waals surface area (Å²) in [4.78, 5) is 25.5. The monoisotopic (exact) mass is 311 g/mol. The van der Waals surface area contributed by atoms with Crippen LogP contribution in [-0.2, 0) is 0 Å². The molecule has 1 aliphatic heterocycles. The van der Waals surface area contributed by atoms with Crippen molar-refractivity contribution in [3.05, 3.63) is 35.4 Å². The van der Waals surface area contributed by atoms with Gasteiger partial charge >= 0.3 is 0 Å². The van der Waals surface area contributed by atoms with Crippen LogP contribution < -0.4 is 11.5 Å². The van der Waals surface area contributed by atoms with Gasteiger partial charge in [0.25, 0.3) is 5.91 Å². The first kappa shape index (κ1) is 17.5. The summed E-state index contributed by atoms with van der Waals surface area (Å²) in [6.07, 6.45) is 0.786. The molecule has 0 aromatic heterocycles. The average molecular weight is 312 g/mol. The zero-order valence-electron chi connectivity index (χ0n) is 12.3. The minimum atomic E-state index is -0.527. The van der Waals surface area contributed by atoms with Crippen LogP contribution in [-0.4, -0.2) is 35.8 Å². The molecule has 1 aliphatic rings. The fraction of sp³-hybridized carbons (Fsp3) is 0.467. The summed E-state index contributed by atoms with van der Waals surface area (Å²) in [7, 11) is 0.